The zero-order valence-corrected chi connectivity index (χ0v) is 12.0. The van der Waals surface area contributed by atoms with Gasteiger partial charge < -0.3 is 5.11 Å². The molecule has 0 aliphatic carbocycles. The summed E-state index contributed by atoms with van der Waals surface area (Å²) in [5.74, 6) is -0.875. The smallest absolute Gasteiger partial charge is 0.318 e. The third kappa shape index (κ3) is 2.69. The minimum atomic E-state index is -0.875. The van der Waals surface area contributed by atoms with Crippen LogP contribution in [0.15, 0.2) is 42.5 Å². The molecule has 0 aromatic heterocycles. The Hall–Kier alpha value is -0.870. The average molecular weight is 358 g/mol. The van der Waals surface area contributed by atoms with Crippen molar-refractivity contribution in [1.82, 2.24) is 0 Å². The van der Waals surface area contributed by atoms with E-state index < -0.39 is 10.8 Å². The maximum Gasteiger partial charge on any atom is 0.318 e. The van der Waals surface area contributed by atoms with Gasteiger partial charge in [0.2, 0.25) is 0 Å². The molecule has 4 heteroatoms. The molecule has 1 N–H and O–H groups in total. The zero-order valence-electron chi connectivity index (χ0n) is 8.81. The van der Waals surface area contributed by atoms with E-state index in [1.165, 1.54) is 0 Å². The van der Waals surface area contributed by atoms with E-state index >= 15 is 0 Å². The first-order valence-corrected chi connectivity index (χ1v) is 6.92. The Labute approximate surface area is 116 Å². The molecule has 0 radical (unpaired) electrons. The number of rotatable bonds is 3. The van der Waals surface area contributed by atoms with Gasteiger partial charge in [-0.1, -0.05) is 68.3 Å². The standard InChI is InChI=1S/C13H10Br2O2/c14-11(12(15)13(16)17)10-6-5-8-3-1-2-4-9(8)7-10/h1-7,11-12H,(H,16,17). The van der Waals surface area contributed by atoms with E-state index in [1.54, 1.807) is 0 Å². The lowest BCUT2D eigenvalue weighted by Crippen LogP contribution is -2.17. The first kappa shape index (κ1) is 12.6. The Morgan fingerprint density at radius 3 is 2.35 bits per heavy atom. The minimum absolute atomic E-state index is 0.246. The predicted octanol–water partition coefficient (Wildman–Crippen LogP) is 4.12. The number of halogens is 2. The Kier molecular flexibility index (Phi) is 3.84. The van der Waals surface area contributed by atoms with Gasteiger partial charge >= 0.3 is 5.97 Å². The van der Waals surface area contributed by atoms with Gasteiger partial charge in [-0.15, -0.1) is 0 Å². The molecule has 2 rings (SSSR count). The van der Waals surface area contributed by atoms with Gasteiger partial charge in [-0.05, 0) is 22.4 Å². The molecule has 0 aliphatic heterocycles. The van der Waals surface area contributed by atoms with Crippen LogP contribution in [0.25, 0.3) is 10.8 Å². The van der Waals surface area contributed by atoms with Crippen LogP contribution in [0.3, 0.4) is 0 Å². The number of aliphatic carboxylic acids is 1. The second-order valence-corrected chi connectivity index (χ2v) is 5.72. The molecule has 0 saturated heterocycles. The molecule has 2 atom stereocenters. The number of benzene rings is 2. The Bertz CT molecular complexity index is 554. The fourth-order valence-corrected chi connectivity index (χ4v) is 2.49. The van der Waals surface area contributed by atoms with Crippen molar-refractivity contribution in [1.29, 1.82) is 0 Å². The van der Waals surface area contributed by atoms with Crippen molar-refractivity contribution >= 4 is 48.6 Å². The van der Waals surface area contributed by atoms with Gasteiger partial charge in [-0.2, -0.15) is 0 Å². The van der Waals surface area contributed by atoms with E-state index in [9.17, 15) is 4.79 Å². The highest BCUT2D eigenvalue weighted by molar-refractivity contribution is 9.12. The lowest BCUT2D eigenvalue weighted by atomic mass is 10.0. The van der Waals surface area contributed by atoms with Gasteiger partial charge in [-0.25, -0.2) is 0 Å². The predicted molar refractivity (Wildman–Crippen MR) is 76.0 cm³/mol. The molecule has 2 nitrogen and oxygen atoms in total. The van der Waals surface area contributed by atoms with Crippen LogP contribution in [0.4, 0.5) is 0 Å². The van der Waals surface area contributed by atoms with E-state index in [0.29, 0.717) is 0 Å². The third-order valence-electron chi connectivity index (χ3n) is 2.58. The largest absolute Gasteiger partial charge is 0.480 e. The average Bonchev–Trinajstić information content (AvgIpc) is 2.36. The van der Waals surface area contributed by atoms with E-state index in [-0.39, 0.29) is 4.83 Å². The molecule has 0 heterocycles. The van der Waals surface area contributed by atoms with Crippen molar-refractivity contribution < 1.29 is 9.90 Å². The van der Waals surface area contributed by atoms with Gasteiger partial charge in [0.25, 0.3) is 0 Å². The van der Waals surface area contributed by atoms with Crippen molar-refractivity contribution in [3.8, 4) is 0 Å². The van der Waals surface area contributed by atoms with Crippen LogP contribution >= 0.6 is 31.9 Å². The lowest BCUT2D eigenvalue weighted by molar-refractivity contribution is -0.136. The molecule has 0 bridgehead atoms. The monoisotopic (exact) mass is 356 g/mol. The van der Waals surface area contributed by atoms with Crippen LogP contribution < -0.4 is 0 Å². The first-order chi connectivity index (χ1) is 8.09. The second kappa shape index (κ2) is 5.19. The highest BCUT2D eigenvalue weighted by atomic mass is 79.9. The number of alkyl halides is 2. The lowest BCUT2D eigenvalue weighted by Gasteiger charge is -2.13. The summed E-state index contributed by atoms with van der Waals surface area (Å²) in [5.41, 5.74) is 0.952. The summed E-state index contributed by atoms with van der Waals surface area (Å²) in [5, 5.41) is 11.2. The third-order valence-corrected chi connectivity index (χ3v) is 5.27. The highest BCUT2D eigenvalue weighted by Gasteiger charge is 2.24. The van der Waals surface area contributed by atoms with E-state index in [0.717, 1.165) is 16.3 Å². The molecule has 0 aliphatic rings. The highest BCUT2D eigenvalue weighted by Crippen LogP contribution is 2.33. The number of carboxylic acid groups (broad SMARTS) is 1. The molecule has 2 aromatic rings. The summed E-state index contributed by atoms with van der Waals surface area (Å²) >= 11 is 6.57. The maximum absolute atomic E-state index is 10.9. The van der Waals surface area contributed by atoms with Gasteiger partial charge in [0.05, 0.1) is 4.83 Å². The van der Waals surface area contributed by atoms with Crippen LogP contribution in [0.5, 0.6) is 0 Å². The molecular formula is C13H10Br2O2. The number of carboxylic acids is 1. The Morgan fingerprint density at radius 2 is 1.71 bits per heavy atom. The van der Waals surface area contributed by atoms with Gasteiger partial charge in [0.1, 0.15) is 4.83 Å². The van der Waals surface area contributed by atoms with Crippen LogP contribution in [0.1, 0.15) is 10.4 Å². The van der Waals surface area contributed by atoms with E-state index in [1.807, 2.05) is 42.5 Å². The summed E-state index contributed by atoms with van der Waals surface area (Å²) in [6, 6.07) is 14.0. The molecular weight excluding hydrogens is 348 g/mol. The molecule has 2 aromatic carbocycles. The van der Waals surface area contributed by atoms with Crippen molar-refractivity contribution in [2.45, 2.75) is 9.65 Å². The molecule has 0 saturated carbocycles. The fourth-order valence-electron chi connectivity index (χ4n) is 1.67. The van der Waals surface area contributed by atoms with Crippen molar-refractivity contribution in [2.24, 2.45) is 0 Å². The van der Waals surface area contributed by atoms with Crippen molar-refractivity contribution in [3.63, 3.8) is 0 Å². The summed E-state index contributed by atoms with van der Waals surface area (Å²) < 4.78 is 0. The van der Waals surface area contributed by atoms with E-state index in [4.69, 9.17) is 5.11 Å². The van der Waals surface area contributed by atoms with Crippen LogP contribution in [-0.2, 0) is 4.79 Å². The van der Waals surface area contributed by atoms with Gasteiger partial charge in [0, 0.05) is 0 Å². The summed E-state index contributed by atoms with van der Waals surface area (Å²) in [4.78, 5) is 10.0. The fraction of sp³-hybridized carbons (Fsp3) is 0.154. The molecule has 2 unspecified atom stereocenters. The van der Waals surface area contributed by atoms with Gasteiger partial charge in [0.15, 0.2) is 0 Å². The van der Waals surface area contributed by atoms with Crippen LogP contribution in [-0.4, -0.2) is 15.9 Å². The molecule has 88 valence electrons. The molecule has 0 amide bonds. The van der Waals surface area contributed by atoms with Crippen LogP contribution in [0.2, 0.25) is 0 Å². The first-order valence-electron chi connectivity index (χ1n) is 5.09. The molecule has 0 spiro atoms. The maximum atomic E-state index is 10.9. The van der Waals surface area contributed by atoms with E-state index in [2.05, 4.69) is 31.9 Å². The summed E-state index contributed by atoms with van der Waals surface area (Å²) in [6.07, 6.45) is 0. The SMILES string of the molecule is O=C(O)C(Br)C(Br)c1ccc2ccccc2c1. The number of hydrogen-bond donors (Lipinski definition) is 1. The Balaban J connectivity index is 2.39. The molecule has 17 heavy (non-hydrogen) atoms. The normalized spacial score (nSPS) is 14.5. The number of carbonyl (C=O) groups is 1. The number of hydrogen-bond acceptors (Lipinski definition) is 1. The van der Waals surface area contributed by atoms with Crippen LogP contribution in [0, 0.1) is 0 Å². The topological polar surface area (TPSA) is 37.3 Å². The quantitative estimate of drug-likeness (QED) is 0.839. The zero-order chi connectivity index (χ0) is 12.4. The number of fused-ring (bicyclic) bond motifs is 1. The van der Waals surface area contributed by atoms with Crippen molar-refractivity contribution in [3.05, 3.63) is 48.0 Å². The summed E-state index contributed by atoms with van der Waals surface area (Å²) in [7, 11) is 0. The molecule has 0 fully saturated rings. The second-order valence-electron chi connectivity index (χ2n) is 3.75. The van der Waals surface area contributed by atoms with Crippen molar-refractivity contribution in [2.75, 3.05) is 0 Å². The minimum Gasteiger partial charge on any atom is -0.480 e. The summed E-state index contributed by atoms with van der Waals surface area (Å²) in [6.45, 7) is 0. The van der Waals surface area contributed by atoms with Gasteiger partial charge in [-0.3, -0.25) is 4.79 Å². The Morgan fingerprint density at radius 1 is 1.06 bits per heavy atom.